The van der Waals surface area contributed by atoms with E-state index in [1.807, 2.05) is 0 Å². The first kappa shape index (κ1) is 16.2. The van der Waals surface area contributed by atoms with E-state index in [2.05, 4.69) is 25.3 Å². The summed E-state index contributed by atoms with van der Waals surface area (Å²) in [6.45, 7) is 0. The summed E-state index contributed by atoms with van der Waals surface area (Å²) in [6, 6.07) is 1.87. The molecule has 3 aromatic rings. The minimum Gasteiger partial charge on any atom is -0.393 e. The molecule has 8 heteroatoms. The Kier molecular flexibility index (Phi) is 4.27. The molecule has 0 amide bonds. The van der Waals surface area contributed by atoms with Crippen LogP contribution >= 0.6 is 11.6 Å². The highest BCUT2D eigenvalue weighted by Gasteiger charge is 2.21. The van der Waals surface area contributed by atoms with Crippen LogP contribution in [0.15, 0.2) is 24.7 Å². The number of nitrogens with one attached hydrogen (secondary N) is 2. The van der Waals surface area contributed by atoms with E-state index in [1.165, 1.54) is 6.20 Å². The van der Waals surface area contributed by atoms with Gasteiger partial charge in [-0.1, -0.05) is 11.6 Å². The van der Waals surface area contributed by atoms with Gasteiger partial charge in [-0.2, -0.15) is 0 Å². The van der Waals surface area contributed by atoms with Gasteiger partial charge in [-0.15, -0.1) is 0 Å². The quantitative estimate of drug-likeness (QED) is 0.664. The molecule has 0 bridgehead atoms. The number of halogens is 2. The molecular weight excluding hydrogens is 345 g/mol. The van der Waals surface area contributed by atoms with Crippen molar-refractivity contribution in [2.24, 2.45) is 0 Å². The number of aromatic nitrogens is 4. The molecule has 0 spiro atoms. The van der Waals surface area contributed by atoms with E-state index in [0.29, 0.717) is 34.9 Å². The SMILES string of the molecule is OC1CCC(Nc2nc(-c3c[nH]c4ncc(Cl)cc34)ncc2F)CC1. The summed E-state index contributed by atoms with van der Waals surface area (Å²) < 4.78 is 14.1. The topological polar surface area (TPSA) is 86.7 Å². The van der Waals surface area contributed by atoms with Crippen LogP contribution < -0.4 is 5.32 Å². The fourth-order valence-corrected chi connectivity index (χ4v) is 3.33. The molecule has 0 radical (unpaired) electrons. The van der Waals surface area contributed by atoms with E-state index < -0.39 is 5.82 Å². The molecule has 1 fully saturated rings. The van der Waals surface area contributed by atoms with E-state index in [0.717, 1.165) is 18.2 Å². The van der Waals surface area contributed by atoms with Crippen LogP contribution in [0.1, 0.15) is 25.7 Å². The van der Waals surface area contributed by atoms with Crippen molar-refractivity contribution in [3.63, 3.8) is 0 Å². The predicted molar refractivity (Wildman–Crippen MR) is 94.0 cm³/mol. The summed E-state index contributed by atoms with van der Waals surface area (Å²) in [4.78, 5) is 15.7. The molecular formula is C17H17ClFN5O. The first-order valence-corrected chi connectivity index (χ1v) is 8.58. The molecule has 3 N–H and O–H groups in total. The second-order valence-corrected chi connectivity index (χ2v) is 6.73. The van der Waals surface area contributed by atoms with Crippen molar-refractivity contribution in [1.82, 2.24) is 19.9 Å². The molecule has 6 nitrogen and oxygen atoms in total. The van der Waals surface area contributed by atoms with E-state index in [1.54, 1.807) is 18.5 Å². The molecule has 3 heterocycles. The highest BCUT2D eigenvalue weighted by atomic mass is 35.5. The maximum atomic E-state index is 14.1. The molecule has 3 aromatic heterocycles. The Balaban J connectivity index is 1.65. The molecule has 0 atom stereocenters. The number of aliphatic hydroxyl groups excluding tert-OH is 1. The fraction of sp³-hybridized carbons (Fsp3) is 0.353. The minimum absolute atomic E-state index is 0.0970. The minimum atomic E-state index is -0.495. The molecule has 0 aliphatic heterocycles. The van der Waals surface area contributed by atoms with Crippen LogP contribution in [0, 0.1) is 5.82 Å². The van der Waals surface area contributed by atoms with Gasteiger partial charge in [-0.3, -0.25) is 0 Å². The van der Waals surface area contributed by atoms with Crippen molar-refractivity contribution in [2.45, 2.75) is 37.8 Å². The summed E-state index contributed by atoms with van der Waals surface area (Å²) in [5.74, 6) is 0.0802. The number of hydrogen-bond donors (Lipinski definition) is 3. The number of H-pyrrole nitrogens is 1. The summed E-state index contributed by atoms with van der Waals surface area (Å²) in [5.41, 5.74) is 1.38. The van der Waals surface area contributed by atoms with E-state index in [-0.39, 0.29) is 18.0 Å². The van der Waals surface area contributed by atoms with Crippen molar-refractivity contribution in [3.8, 4) is 11.4 Å². The van der Waals surface area contributed by atoms with Crippen molar-refractivity contribution in [1.29, 1.82) is 0 Å². The lowest BCUT2D eigenvalue weighted by atomic mass is 9.93. The number of fused-ring (bicyclic) bond motifs is 1. The smallest absolute Gasteiger partial charge is 0.183 e. The molecule has 1 aliphatic rings. The van der Waals surface area contributed by atoms with Crippen molar-refractivity contribution >= 4 is 28.5 Å². The third kappa shape index (κ3) is 3.29. The van der Waals surface area contributed by atoms with Crippen LogP contribution in [0.5, 0.6) is 0 Å². The van der Waals surface area contributed by atoms with Crippen LogP contribution in [-0.4, -0.2) is 37.2 Å². The zero-order valence-corrected chi connectivity index (χ0v) is 14.1. The lowest BCUT2D eigenvalue weighted by Crippen LogP contribution is -2.29. The Morgan fingerprint density at radius 3 is 2.80 bits per heavy atom. The molecule has 1 saturated carbocycles. The van der Waals surface area contributed by atoms with Crippen LogP contribution in [0.25, 0.3) is 22.4 Å². The van der Waals surface area contributed by atoms with Crippen LogP contribution in [0.2, 0.25) is 5.02 Å². The average Bonchev–Trinajstić information content (AvgIpc) is 3.02. The van der Waals surface area contributed by atoms with Gasteiger partial charge < -0.3 is 15.4 Å². The normalized spacial score (nSPS) is 20.8. The maximum absolute atomic E-state index is 14.1. The summed E-state index contributed by atoms with van der Waals surface area (Å²) >= 11 is 6.02. The highest BCUT2D eigenvalue weighted by molar-refractivity contribution is 6.31. The standard InChI is InChI=1S/C17H17ClFN5O/c18-9-5-12-13(7-21-15(12)20-6-9)16-22-8-14(19)17(24-16)23-10-1-3-11(25)4-2-10/h5-8,10-11,25H,1-4H2,(H,20,21)(H,22,23,24). The Morgan fingerprint density at radius 2 is 2.00 bits per heavy atom. The Labute approximate surface area is 148 Å². The van der Waals surface area contributed by atoms with E-state index in [4.69, 9.17) is 11.6 Å². The van der Waals surface area contributed by atoms with Crippen molar-refractivity contribution in [3.05, 3.63) is 35.5 Å². The fourth-order valence-electron chi connectivity index (χ4n) is 3.17. The predicted octanol–water partition coefficient (Wildman–Crippen LogP) is 3.53. The molecule has 0 aromatic carbocycles. The lowest BCUT2D eigenvalue weighted by Gasteiger charge is -2.26. The van der Waals surface area contributed by atoms with Gasteiger partial charge in [-0.25, -0.2) is 19.3 Å². The number of pyridine rings is 1. The number of hydrogen-bond acceptors (Lipinski definition) is 5. The second kappa shape index (κ2) is 6.57. The van der Waals surface area contributed by atoms with Crippen LogP contribution in [0.3, 0.4) is 0 Å². The largest absolute Gasteiger partial charge is 0.393 e. The van der Waals surface area contributed by atoms with Gasteiger partial charge in [0.05, 0.1) is 17.3 Å². The van der Waals surface area contributed by atoms with Gasteiger partial charge >= 0.3 is 0 Å². The molecule has 130 valence electrons. The van der Waals surface area contributed by atoms with Crippen LogP contribution in [0.4, 0.5) is 10.2 Å². The molecule has 4 rings (SSSR count). The van der Waals surface area contributed by atoms with Gasteiger partial charge in [0.25, 0.3) is 0 Å². The highest BCUT2D eigenvalue weighted by Crippen LogP contribution is 2.29. The number of rotatable bonds is 3. The first-order chi connectivity index (χ1) is 12.1. The number of aliphatic hydroxyl groups is 1. The van der Waals surface area contributed by atoms with E-state index in [9.17, 15) is 9.50 Å². The van der Waals surface area contributed by atoms with Gasteiger partial charge in [0, 0.05) is 29.4 Å². The lowest BCUT2D eigenvalue weighted by molar-refractivity contribution is 0.126. The monoisotopic (exact) mass is 361 g/mol. The summed E-state index contributed by atoms with van der Waals surface area (Å²) in [5, 5.41) is 14.0. The third-order valence-corrected chi connectivity index (χ3v) is 4.73. The van der Waals surface area contributed by atoms with Gasteiger partial charge in [0.1, 0.15) is 5.65 Å². The van der Waals surface area contributed by atoms with Crippen molar-refractivity contribution < 1.29 is 9.50 Å². The first-order valence-electron chi connectivity index (χ1n) is 8.20. The molecule has 1 aliphatic carbocycles. The second-order valence-electron chi connectivity index (χ2n) is 6.29. The number of aromatic amines is 1. The van der Waals surface area contributed by atoms with Crippen LogP contribution in [-0.2, 0) is 0 Å². The summed E-state index contributed by atoms with van der Waals surface area (Å²) in [6.07, 6.45) is 7.20. The van der Waals surface area contributed by atoms with E-state index >= 15 is 0 Å². The Morgan fingerprint density at radius 1 is 1.20 bits per heavy atom. The third-order valence-electron chi connectivity index (χ3n) is 4.52. The van der Waals surface area contributed by atoms with Gasteiger partial charge in [0.15, 0.2) is 17.5 Å². The average molecular weight is 362 g/mol. The Hall–Kier alpha value is -2.25. The molecule has 0 unspecified atom stereocenters. The van der Waals surface area contributed by atoms with Crippen molar-refractivity contribution in [2.75, 3.05) is 5.32 Å². The maximum Gasteiger partial charge on any atom is 0.183 e. The number of anilines is 1. The zero-order chi connectivity index (χ0) is 17.4. The van der Waals surface area contributed by atoms with Gasteiger partial charge in [-0.05, 0) is 31.7 Å². The molecule has 25 heavy (non-hydrogen) atoms. The summed E-state index contributed by atoms with van der Waals surface area (Å²) in [7, 11) is 0. The Bertz CT molecular complexity index is 907. The number of nitrogens with zero attached hydrogens (tertiary/aromatic N) is 3. The molecule has 0 saturated heterocycles. The van der Waals surface area contributed by atoms with Gasteiger partial charge in [0.2, 0.25) is 0 Å². The zero-order valence-electron chi connectivity index (χ0n) is 13.3.